The first kappa shape index (κ1) is 15.0. The van der Waals surface area contributed by atoms with Crippen molar-refractivity contribution in [2.75, 3.05) is 0 Å². The van der Waals surface area contributed by atoms with Crippen molar-refractivity contribution in [1.82, 2.24) is 0 Å². The maximum atomic E-state index is 10.3. The van der Waals surface area contributed by atoms with E-state index in [4.69, 9.17) is 0 Å². The van der Waals surface area contributed by atoms with E-state index in [1.54, 1.807) is 0 Å². The second-order valence-electron chi connectivity index (χ2n) is 7.50. The zero-order valence-electron chi connectivity index (χ0n) is 12.7. The number of hydrogen-bond acceptors (Lipinski definition) is 1. The van der Waals surface area contributed by atoms with E-state index in [0.717, 1.165) is 18.3 Å². The lowest BCUT2D eigenvalue weighted by atomic mass is 9.63. The predicted molar refractivity (Wildman–Crippen MR) is 74.9 cm³/mol. The first-order valence-corrected chi connectivity index (χ1v) is 7.43. The first-order chi connectivity index (χ1) is 7.75. The lowest BCUT2D eigenvalue weighted by molar-refractivity contribution is -0.0340. The molecule has 0 aromatic heterocycles. The summed E-state index contributed by atoms with van der Waals surface area (Å²) < 4.78 is 0. The van der Waals surface area contributed by atoms with Crippen LogP contribution in [0.5, 0.6) is 0 Å². The van der Waals surface area contributed by atoms with Gasteiger partial charge in [-0.15, -0.1) is 0 Å². The Morgan fingerprint density at radius 2 is 1.82 bits per heavy atom. The van der Waals surface area contributed by atoms with Gasteiger partial charge in [-0.3, -0.25) is 0 Å². The fourth-order valence-electron chi connectivity index (χ4n) is 3.40. The topological polar surface area (TPSA) is 20.2 Å². The van der Waals surface area contributed by atoms with Crippen LogP contribution in [-0.2, 0) is 0 Å². The SMILES string of the molecule is CCC(C)CC1CC(C(C)(C)C)C(O)CC1C. The van der Waals surface area contributed by atoms with Gasteiger partial charge in [0.25, 0.3) is 0 Å². The molecular formula is C16H32O. The van der Waals surface area contributed by atoms with Gasteiger partial charge in [-0.2, -0.15) is 0 Å². The molecule has 0 aliphatic heterocycles. The van der Waals surface area contributed by atoms with Crippen LogP contribution in [0, 0.1) is 29.1 Å². The van der Waals surface area contributed by atoms with E-state index in [1.807, 2.05) is 0 Å². The van der Waals surface area contributed by atoms with Crippen molar-refractivity contribution in [3.8, 4) is 0 Å². The zero-order valence-corrected chi connectivity index (χ0v) is 12.7. The Kier molecular flexibility index (Phi) is 5.07. The van der Waals surface area contributed by atoms with Gasteiger partial charge in [0.2, 0.25) is 0 Å². The van der Waals surface area contributed by atoms with Crippen LogP contribution in [0.4, 0.5) is 0 Å². The summed E-state index contributed by atoms with van der Waals surface area (Å²) in [6, 6.07) is 0. The number of hydrogen-bond donors (Lipinski definition) is 1. The molecule has 0 saturated heterocycles. The molecule has 0 radical (unpaired) electrons. The maximum absolute atomic E-state index is 10.3. The highest BCUT2D eigenvalue weighted by Gasteiger charge is 2.39. The zero-order chi connectivity index (χ0) is 13.2. The van der Waals surface area contributed by atoms with Crippen LogP contribution in [0.1, 0.15) is 67.2 Å². The molecule has 0 bridgehead atoms. The second-order valence-corrected chi connectivity index (χ2v) is 7.50. The molecule has 0 spiro atoms. The molecule has 1 rings (SSSR count). The van der Waals surface area contributed by atoms with E-state index in [2.05, 4.69) is 41.5 Å². The molecule has 1 aliphatic carbocycles. The molecule has 17 heavy (non-hydrogen) atoms. The van der Waals surface area contributed by atoms with Crippen LogP contribution in [0.25, 0.3) is 0 Å². The Bertz CT molecular complexity index is 228. The average Bonchev–Trinajstić information content (AvgIpc) is 2.19. The van der Waals surface area contributed by atoms with Gasteiger partial charge in [-0.05, 0) is 48.3 Å². The Hall–Kier alpha value is -0.0400. The molecule has 5 atom stereocenters. The van der Waals surface area contributed by atoms with Gasteiger partial charge in [0, 0.05) is 0 Å². The lowest BCUT2D eigenvalue weighted by Gasteiger charge is -2.44. The van der Waals surface area contributed by atoms with Crippen LogP contribution in [0.15, 0.2) is 0 Å². The highest BCUT2D eigenvalue weighted by atomic mass is 16.3. The third-order valence-corrected chi connectivity index (χ3v) is 4.95. The highest BCUT2D eigenvalue weighted by Crippen LogP contribution is 2.44. The van der Waals surface area contributed by atoms with Crippen LogP contribution >= 0.6 is 0 Å². The third kappa shape index (κ3) is 3.98. The van der Waals surface area contributed by atoms with Crippen molar-refractivity contribution in [3.05, 3.63) is 0 Å². The molecule has 0 amide bonds. The molecule has 1 N–H and O–H groups in total. The van der Waals surface area contributed by atoms with E-state index >= 15 is 0 Å². The summed E-state index contributed by atoms with van der Waals surface area (Å²) >= 11 is 0. The van der Waals surface area contributed by atoms with Gasteiger partial charge in [0.05, 0.1) is 6.10 Å². The molecule has 0 aromatic rings. The van der Waals surface area contributed by atoms with Gasteiger partial charge in [0.15, 0.2) is 0 Å². The van der Waals surface area contributed by atoms with Gasteiger partial charge >= 0.3 is 0 Å². The predicted octanol–water partition coefficient (Wildman–Crippen LogP) is 4.49. The van der Waals surface area contributed by atoms with Crippen molar-refractivity contribution < 1.29 is 5.11 Å². The lowest BCUT2D eigenvalue weighted by Crippen LogP contribution is -2.41. The number of rotatable bonds is 3. The fourth-order valence-corrected chi connectivity index (χ4v) is 3.40. The molecule has 1 saturated carbocycles. The summed E-state index contributed by atoms with van der Waals surface area (Å²) in [6.07, 6.45) is 4.76. The van der Waals surface area contributed by atoms with Crippen molar-refractivity contribution in [2.24, 2.45) is 29.1 Å². The van der Waals surface area contributed by atoms with Crippen LogP contribution < -0.4 is 0 Å². The third-order valence-electron chi connectivity index (χ3n) is 4.95. The van der Waals surface area contributed by atoms with E-state index < -0.39 is 0 Å². The first-order valence-electron chi connectivity index (χ1n) is 7.43. The van der Waals surface area contributed by atoms with E-state index in [1.165, 1.54) is 19.3 Å². The Balaban J connectivity index is 2.67. The van der Waals surface area contributed by atoms with Crippen LogP contribution in [-0.4, -0.2) is 11.2 Å². The van der Waals surface area contributed by atoms with Gasteiger partial charge in [-0.1, -0.05) is 48.0 Å². The maximum Gasteiger partial charge on any atom is 0.0576 e. The summed E-state index contributed by atoms with van der Waals surface area (Å²) in [6.45, 7) is 13.8. The van der Waals surface area contributed by atoms with E-state index in [-0.39, 0.29) is 11.5 Å². The summed E-state index contributed by atoms with van der Waals surface area (Å²) in [5.41, 5.74) is 0.243. The van der Waals surface area contributed by atoms with Gasteiger partial charge in [0.1, 0.15) is 0 Å². The molecule has 1 nitrogen and oxygen atoms in total. The monoisotopic (exact) mass is 240 g/mol. The number of aliphatic hydroxyl groups is 1. The normalized spacial score (nSPS) is 36.9. The van der Waals surface area contributed by atoms with Gasteiger partial charge < -0.3 is 5.11 Å². The quantitative estimate of drug-likeness (QED) is 0.770. The van der Waals surface area contributed by atoms with Gasteiger partial charge in [-0.25, -0.2) is 0 Å². The minimum atomic E-state index is -0.0850. The molecule has 5 unspecified atom stereocenters. The van der Waals surface area contributed by atoms with Crippen molar-refractivity contribution in [2.45, 2.75) is 73.3 Å². The van der Waals surface area contributed by atoms with E-state index in [0.29, 0.717) is 11.8 Å². The highest BCUT2D eigenvalue weighted by molar-refractivity contribution is 4.90. The van der Waals surface area contributed by atoms with E-state index in [9.17, 15) is 5.11 Å². The summed E-state index contributed by atoms with van der Waals surface area (Å²) in [4.78, 5) is 0. The van der Waals surface area contributed by atoms with Crippen LogP contribution in [0.2, 0.25) is 0 Å². The minimum Gasteiger partial charge on any atom is -0.393 e. The Morgan fingerprint density at radius 1 is 1.24 bits per heavy atom. The van der Waals surface area contributed by atoms with Crippen LogP contribution in [0.3, 0.4) is 0 Å². The van der Waals surface area contributed by atoms with Crippen molar-refractivity contribution in [1.29, 1.82) is 0 Å². The molecule has 0 aromatic carbocycles. The fraction of sp³-hybridized carbons (Fsp3) is 1.00. The molecule has 1 fully saturated rings. The molecule has 0 heterocycles. The second kappa shape index (κ2) is 5.73. The summed E-state index contributed by atoms with van der Waals surface area (Å²) in [7, 11) is 0. The minimum absolute atomic E-state index is 0.0850. The van der Waals surface area contributed by atoms with Crippen molar-refractivity contribution in [3.63, 3.8) is 0 Å². The molecule has 1 heteroatoms. The standard InChI is InChI=1S/C16H32O/c1-7-11(2)8-13-10-14(16(4,5)6)15(17)9-12(13)3/h11-15,17H,7-10H2,1-6H3. The number of aliphatic hydroxyl groups excluding tert-OH is 1. The average molecular weight is 240 g/mol. The Morgan fingerprint density at radius 3 is 2.29 bits per heavy atom. The summed E-state index contributed by atoms with van der Waals surface area (Å²) in [5.74, 6) is 2.82. The van der Waals surface area contributed by atoms with Crippen molar-refractivity contribution >= 4 is 0 Å². The molecular weight excluding hydrogens is 208 g/mol. The molecule has 102 valence electrons. The Labute approximate surface area is 108 Å². The molecule has 1 aliphatic rings. The summed E-state index contributed by atoms with van der Waals surface area (Å²) in [5, 5.41) is 10.3. The largest absolute Gasteiger partial charge is 0.393 e. The smallest absolute Gasteiger partial charge is 0.0576 e.